The Morgan fingerprint density at radius 2 is 1.77 bits per heavy atom. The molecule has 1 amide bonds. The Kier molecular flexibility index (Phi) is 7.13. The molecule has 0 spiro atoms. The number of carbonyl (C=O) groups is 1. The molecule has 8 heteroatoms. The molecule has 2 N–H and O–H groups in total. The first-order valence-corrected chi connectivity index (χ1v) is 11.9. The maximum Gasteiger partial charge on any atom is 0.255 e. The molecule has 168 valence electrons. The number of rotatable bonds is 6. The highest BCUT2D eigenvalue weighted by atomic mass is 32.2. The van der Waals surface area contributed by atoms with Crippen LogP contribution in [0.5, 0.6) is 0 Å². The van der Waals surface area contributed by atoms with E-state index in [9.17, 15) is 17.6 Å². The lowest BCUT2D eigenvalue weighted by Gasteiger charge is -2.32. The monoisotopic (exact) mass is 447 g/mol. The van der Waals surface area contributed by atoms with Gasteiger partial charge in [-0.1, -0.05) is 0 Å². The molecular formula is C23H30FN3O3S. The highest BCUT2D eigenvalue weighted by Gasteiger charge is 2.26. The molecule has 1 fully saturated rings. The number of hydrogen-bond acceptors (Lipinski definition) is 4. The van der Waals surface area contributed by atoms with Gasteiger partial charge in [0.1, 0.15) is 5.82 Å². The van der Waals surface area contributed by atoms with Crippen LogP contribution in [-0.4, -0.2) is 45.4 Å². The third-order valence-corrected chi connectivity index (χ3v) is 7.56. The maximum atomic E-state index is 13.3. The van der Waals surface area contributed by atoms with Gasteiger partial charge in [-0.05, 0) is 107 Å². The summed E-state index contributed by atoms with van der Waals surface area (Å²) in [7, 11) is -1.60. The van der Waals surface area contributed by atoms with E-state index in [0.29, 0.717) is 28.3 Å². The number of hydrogen-bond donors (Lipinski definition) is 2. The van der Waals surface area contributed by atoms with E-state index >= 15 is 0 Å². The fourth-order valence-corrected chi connectivity index (χ4v) is 5.35. The van der Waals surface area contributed by atoms with Crippen molar-refractivity contribution in [3.8, 4) is 0 Å². The van der Waals surface area contributed by atoms with E-state index in [1.165, 1.54) is 24.3 Å². The number of amides is 1. The van der Waals surface area contributed by atoms with Crippen molar-refractivity contribution >= 4 is 21.6 Å². The van der Waals surface area contributed by atoms with Crippen LogP contribution < -0.4 is 10.0 Å². The first-order chi connectivity index (χ1) is 14.6. The standard InChI is InChI=1S/C23H30FN3O3S/c1-15-13-19(24)5-7-21(15)23(28)25-22-8-6-20(14-16(22)2)31(29,30)26-17(3)18-9-11-27(4)12-10-18/h5-8,13-14,17-18,26H,9-12H2,1-4H3,(H,25,28). The van der Waals surface area contributed by atoms with E-state index < -0.39 is 15.8 Å². The van der Waals surface area contributed by atoms with Crippen LogP contribution in [-0.2, 0) is 10.0 Å². The largest absolute Gasteiger partial charge is 0.322 e. The summed E-state index contributed by atoms with van der Waals surface area (Å²) in [4.78, 5) is 15.0. The van der Waals surface area contributed by atoms with E-state index in [2.05, 4.69) is 22.0 Å². The van der Waals surface area contributed by atoms with Crippen LogP contribution in [0.4, 0.5) is 10.1 Å². The van der Waals surface area contributed by atoms with Crippen molar-refractivity contribution < 1.29 is 17.6 Å². The Morgan fingerprint density at radius 1 is 1.10 bits per heavy atom. The zero-order chi connectivity index (χ0) is 22.8. The van der Waals surface area contributed by atoms with Gasteiger partial charge >= 0.3 is 0 Å². The number of halogens is 1. The van der Waals surface area contributed by atoms with Gasteiger partial charge in [-0.15, -0.1) is 0 Å². The highest BCUT2D eigenvalue weighted by Crippen LogP contribution is 2.24. The molecule has 6 nitrogen and oxygen atoms in total. The van der Waals surface area contributed by atoms with Gasteiger partial charge in [0.15, 0.2) is 0 Å². The average molecular weight is 448 g/mol. The highest BCUT2D eigenvalue weighted by molar-refractivity contribution is 7.89. The van der Waals surface area contributed by atoms with Crippen molar-refractivity contribution in [3.05, 3.63) is 58.9 Å². The minimum absolute atomic E-state index is 0.153. The van der Waals surface area contributed by atoms with E-state index in [-0.39, 0.29) is 16.8 Å². The fourth-order valence-electron chi connectivity index (χ4n) is 3.95. The second kappa shape index (κ2) is 9.46. The summed E-state index contributed by atoms with van der Waals surface area (Å²) in [6.07, 6.45) is 1.93. The molecule has 1 atom stereocenters. The lowest BCUT2D eigenvalue weighted by atomic mass is 9.91. The summed E-state index contributed by atoms with van der Waals surface area (Å²) in [6.45, 7) is 7.26. The zero-order valence-electron chi connectivity index (χ0n) is 18.4. The molecule has 3 rings (SSSR count). The molecule has 0 radical (unpaired) electrons. The molecule has 0 aliphatic carbocycles. The van der Waals surface area contributed by atoms with E-state index in [1.807, 2.05) is 6.92 Å². The summed E-state index contributed by atoms with van der Waals surface area (Å²) in [5, 5.41) is 2.78. The maximum absolute atomic E-state index is 13.3. The van der Waals surface area contributed by atoms with Crippen molar-refractivity contribution in [1.82, 2.24) is 9.62 Å². The second-order valence-electron chi connectivity index (χ2n) is 8.44. The van der Waals surface area contributed by atoms with Gasteiger partial charge in [0.25, 0.3) is 5.91 Å². The Morgan fingerprint density at radius 3 is 2.39 bits per heavy atom. The summed E-state index contributed by atoms with van der Waals surface area (Å²) in [5.74, 6) is -0.462. The normalized spacial score (nSPS) is 16.8. The Bertz CT molecular complexity index is 1060. The molecule has 0 saturated carbocycles. The van der Waals surface area contributed by atoms with Crippen LogP contribution in [0, 0.1) is 25.6 Å². The Labute approximate surface area is 183 Å². The van der Waals surface area contributed by atoms with Gasteiger partial charge in [-0.25, -0.2) is 17.5 Å². The number of likely N-dealkylation sites (tertiary alicyclic amines) is 1. The van der Waals surface area contributed by atoms with Crippen LogP contribution in [0.3, 0.4) is 0 Å². The Balaban J connectivity index is 1.71. The van der Waals surface area contributed by atoms with Crippen molar-refractivity contribution in [3.63, 3.8) is 0 Å². The number of nitrogens with zero attached hydrogens (tertiary/aromatic N) is 1. The number of benzene rings is 2. The van der Waals surface area contributed by atoms with Crippen LogP contribution in [0.2, 0.25) is 0 Å². The number of nitrogens with one attached hydrogen (secondary N) is 2. The predicted molar refractivity (Wildman–Crippen MR) is 120 cm³/mol. The van der Waals surface area contributed by atoms with Crippen molar-refractivity contribution in [2.24, 2.45) is 5.92 Å². The molecule has 2 aromatic rings. The molecule has 1 aliphatic rings. The van der Waals surface area contributed by atoms with Crippen molar-refractivity contribution in [1.29, 1.82) is 0 Å². The van der Waals surface area contributed by atoms with E-state index in [0.717, 1.165) is 25.9 Å². The quantitative estimate of drug-likeness (QED) is 0.708. The van der Waals surface area contributed by atoms with Gasteiger partial charge in [-0.3, -0.25) is 4.79 Å². The average Bonchev–Trinajstić information content (AvgIpc) is 2.69. The molecule has 2 aromatic carbocycles. The molecule has 0 aromatic heterocycles. The minimum atomic E-state index is -3.67. The van der Waals surface area contributed by atoms with E-state index in [1.54, 1.807) is 26.0 Å². The van der Waals surface area contributed by atoms with Crippen molar-refractivity contribution in [2.75, 3.05) is 25.5 Å². The van der Waals surface area contributed by atoms with Crippen LogP contribution in [0.1, 0.15) is 41.3 Å². The summed E-state index contributed by atoms with van der Waals surface area (Å²) in [5.41, 5.74) is 2.03. The molecule has 1 saturated heterocycles. The first kappa shape index (κ1) is 23.4. The Hall–Kier alpha value is -2.29. The van der Waals surface area contributed by atoms with Crippen molar-refractivity contribution in [2.45, 2.75) is 44.6 Å². The number of piperidine rings is 1. The molecular weight excluding hydrogens is 417 g/mol. The van der Waals surface area contributed by atoms with Gasteiger partial charge < -0.3 is 10.2 Å². The number of carbonyl (C=O) groups excluding carboxylic acids is 1. The van der Waals surface area contributed by atoms with Gasteiger partial charge in [0.2, 0.25) is 10.0 Å². The molecule has 1 aliphatic heterocycles. The first-order valence-electron chi connectivity index (χ1n) is 10.5. The number of anilines is 1. The third kappa shape index (κ3) is 5.70. The van der Waals surface area contributed by atoms with Gasteiger partial charge in [0, 0.05) is 17.3 Å². The van der Waals surface area contributed by atoms with E-state index in [4.69, 9.17) is 0 Å². The summed E-state index contributed by atoms with van der Waals surface area (Å²) in [6, 6.07) is 8.44. The number of sulfonamides is 1. The van der Waals surface area contributed by atoms with Crippen LogP contribution in [0.25, 0.3) is 0 Å². The lowest BCUT2D eigenvalue weighted by molar-refractivity contribution is 0.102. The number of aryl methyl sites for hydroxylation is 2. The molecule has 1 heterocycles. The summed E-state index contributed by atoms with van der Waals surface area (Å²) >= 11 is 0. The van der Waals surface area contributed by atoms with Crippen LogP contribution in [0.15, 0.2) is 41.3 Å². The lowest BCUT2D eigenvalue weighted by Crippen LogP contribution is -2.42. The molecule has 31 heavy (non-hydrogen) atoms. The third-order valence-electron chi connectivity index (χ3n) is 6.00. The summed E-state index contributed by atoms with van der Waals surface area (Å²) < 4.78 is 41.9. The van der Waals surface area contributed by atoms with Gasteiger partial charge in [0.05, 0.1) is 4.90 Å². The minimum Gasteiger partial charge on any atom is -0.322 e. The van der Waals surface area contributed by atoms with Gasteiger partial charge in [-0.2, -0.15) is 0 Å². The predicted octanol–water partition coefficient (Wildman–Crippen LogP) is 3.70. The second-order valence-corrected chi connectivity index (χ2v) is 10.2. The zero-order valence-corrected chi connectivity index (χ0v) is 19.2. The fraction of sp³-hybridized carbons (Fsp3) is 0.435. The molecule has 1 unspecified atom stereocenters. The topological polar surface area (TPSA) is 78.5 Å². The molecule has 0 bridgehead atoms. The SMILES string of the molecule is Cc1cc(S(=O)(=O)NC(C)C2CCN(C)CC2)ccc1NC(=O)c1ccc(F)cc1C. The van der Waals surface area contributed by atoms with Crippen LogP contribution >= 0.6 is 0 Å². The smallest absolute Gasteiger partial charge is 0.255 e.